The van der Waals surface area contributed by atoms with Crippen molar-refractivity contribution in [2.24, 2.45) is 0 Å². The topological polar surface area (TPSA) is 79.2 Å². The summed E-state index contributed by atoms with van der Waals surface area (Å²) in [6.07, 6.45) is 2.19. The first-order chi connectivity index (χ1) is 13.6. The fourth-order valence-electron chi connectivity index (χ4n) is 3.61. The Morgan fingerprint density at radius 2 is 2.03 bits per heavy atom. The third-order valence-electron chi connectivity index (χ3n) is 5.38. The Bertz CT molecular complexity index is 1220. The van der Waals surface area contributed by atoms with E-state index in [9.17, 15) is 9.59 Å². The number of halogens is 1. The van der Waals surface area contributed by atoms with Crippen molar-refractivity contribution in [1.82, 2.24) is 14.9 Å². The lowest BCUT2D eigenvalue weighted by Crippen LogP contribution is -2.37. The molecule has 0 unspecified atom stereocenters. The second-order valence-corrected chi connectivity index (χ2v) is 9.15. The number of hydrogen-bond donors (Lipinski definition) is 1. The molecule has 0 atom stereocenters. The molecule has 1 aliphatic heterocycles. The van der Waals surface area contributed by atoms with E-state index in [2.05, 4.69) is 14.9 Å². The maximum atomic E-state index is 12.9. The molecular weight excluding hydrogens is 390 g/mol. The van der Waals surface area contributed by atoms with E-state index in [0.29, 0.717) is 52.5 Å². The zero-order valence-electron chi connectivity index (χ0n) is 17.1. The molecule has 3 aromatic rings. The smallest absolute Gasteiger partial charge is 0.255 e. The third-order valence-corrected chi connectivity index (χ3v) is 5.78. The number of hydrogen-bond acceptors (Lipinski definition) is 5. The molecule has 0 radical (unpaired) electrons. The summed E-state index contributed by atoms with van der Waals surface area (Å²) in [5, 5.41) is 1.02. The number of rotatable bonds is 2. The van der Waals surface area contributed by atoms with Gasteiger partial charge in [0.05, 0.1) is 22.9 Å². The third kappa shape index (κ3) is 3.74. The molecule has 0 amide bonds. The highest BCUT2D eigenvalue weighted by Gasteiger charge is 2.25. The fourth-order valence-corrected chi connectivity index (χ4v) is 3.78. The van der Waals surface area contributed by atoms with Crippen molar-refractivity contribution in [3.63, 3.8) is 0 Å². The number of H-pyrrole nitrogens is 1. The summed E-state index contributed by atoms with van der Waals surface area (Å²) in [5.74, 6) is 0.706. The van der Waals surface area contributed by atoms with Crippen LogP contribution < -0.4 is 11.0 Å². The number of fused-ring (bicyclic) bond motifs is 2. The van der Waals surface area contributed by atoms with Crippen LogP contribution in [0.25, 0.3) is 11.0 Å². The van der Waals surface area contributed by atoms with Gasteiger partial charge < -0.3 is 9.40 Å². The van der Waals surface area contributed by atoms with Crippen LogP contribution in [-0.4, -0.2) is 21.4 Å². The second kappa shape index (κ2) is 7.11. The van der Waals surface area contributed by atoms with Crippen LogP contribution in [0.1, 0.15) is 49.0 Å². The van der Waals surface area contributed by atoms with Crippen LogP contribution in [0.2, 0.25) is 5.02 Å². The molecule has 29 heavy (non-hydrogen) atoms. The van der Waals surface area contributed by atoms with Crippen molar-refractivity contribution in [2.75, 3.05) is 6.54 Å². The molecule has 1 aromatic carbocycles. The van der Waals surface area contributed by atoms with Gasteiger partial charge >= 0.3 is 0 Å². The van der Waals surface area contributed by atoms with Gasteiger partial charge in [-0.1, -0.05) is 32.4 Å². The van der Waals surface area contributed by atoms with E-state index < -0.39 is 0 Å². The van der Waals surface area contributed by atoms with Crippen LogP contribution >= 0.6 is 11.6 Å². The minimum atomic E-state index is -0.213. The normalized spacial score (nSPS) is 14.9. The van der Waals surface area contributed by atoms with Gasteiger partial charge in [0.2, 0.25) is 0 Å². The van der Waals surface area contributed by atoms with Gasteiger partial charge in [0.25, 0.3) is 5.56 Å². The highest BCUT2D eigenvalue weighted by molar-refractivity contribution is 6.32. The summed E-state index contributed by atoms with van der Waals surface area (Å²) < 4.78 is 5.68. The summed E-state index contributed by atoms with van der Waals surface area (Å²) in [6.45, 7) is 9.53. The molecule has 0 saturated carbocycles. The lowest BCUT2D eigenvalue weighted by Gasteiger charge is -2.28. The molecule has 2 aromatic heterocycles. The Balaban J connectivity index is 1.63. The van der Waals surface area contributed by atoms with Crippen molar-refractivity contribution in [1.29, 1.82) is 0 Å². The molecule has 7 heteroatoms. The number of aromatic amines is 1. The highest BCUT2D eigenvalue weighted by Crippen LogP contribution is 2.23. The van der Waals surface area contributed by atoms with Crippen molar-refractivity contribution in [2.45, 2.75) is 52.6 Å². The van der Waals surface area contributed by atoms with Gasteiger partial charge in [0.15, 0.2) is 5.43 Å². The molecule has 1 aliphatic rings. The van der Waals surface area contributed by atoms with Crippen LogP contribution in [0.4, 0.5) is 0 Å². The quantitative estimate of drug-likeness (QED) is 0.693. The van der Waals surface area contributed by atoms with Gasteiger partial charge in [-0.2, -0.15) is 0 Å². The average Bonchev–Trinajstić information content (AvgIpc) is 2.65. The maximum absolute atomic E-state index is 12.9. The molecule has 6 nitrogen and oxygen atoms in total. The zero-order valence-corrected chi connectivity index (χ0v) is 17.8. The van der Waals surface area contributed by atoms with Crippen LogP contribution in [0.15, 0.2) is 32.4 Å². The Labute approximate surface area is 173 Å². The van der Waals surface area contributed by atoms with Gasteiger partial charge in [-0.15, -0.1) is 0 Å². The largest absolute Gasteiger partial charge is 0.464 e. The maximum Gasteiger partial charge on any atom is 0.255 e. The summed E-state index contributed by atoms with van der Waals surface area (Å²) in [7, 11) is 0. The Hall–Kier alpha value is -2.44. The Morgan fingerprint density at radius 1 is 1.28 bits per heavy atom. The summed E-state index contributed by atoms with van der Waals surface area (Å²) in [5.41, 5.74) is 3.07. The monoisotopic (exact) mass is 413 g/mol. The van der Waals surface area contributed by atoms with Gasteiger partial charge in [-0.25, -0.2) is 4.98 Å². The van der Waals surface area contributed by atoms with Crippen LogP contribution in [0, 0.1) is 6.92 Å². The van der Waals surface area contributed by atoms with Crippen LogP contribution in [-0.2, 0) is 24.9 Å². The molecule has 3 heterocycles. The number of benzene rings is 1. The second-order valence-electron chi connectivity index (χ2n) is 8.74. The first-order valence-electron chi connectivity index (χ1n) is 9.69. The first kappa shape index (κ1) is 19.9. The minimum Gasteiger partial charge on any atom is -0.464 e. The van der Waals surface area contributed by atoms with Gasteiger partial charge in [0.1, 0.15) is 11.4 Å². The Morgan fingerprint density at radius 3 is 2.76 bits per heavy atom. The zero-order chi connectivity index (χ0) is 20.9. The molecular formula is C22H24ClN3O3. The van der Waals surface area contributed by atoms with Gasteiger partial charge in [-0.05, 0) is 24.6 Å². The number of aryl methyl sites for hydroxylation is 1. The van der Waals surface area contributed by atoms with Gasteiger partial charge in [0, 0.05) is 42.1 Å². The van der Waals surface area contributed by atoms with Crippen molar-refractivity contribution >= 4 is 22.6 Å². The number of nitrogens with one attached hydrogen (secondary N) is 1. The molecule has 1 N–H and O–H groups in total. The van der Waals surface area contributed by atoms with E-state index >= 15 is 0 Å². The predicted molar refractivity (Wildman–Crippen MR) is 114 cm³/mol. The van der Waals surface area contributed by atoms with E-state index in [0.717, 1.165) is 17.8 Å². The van der Waals surface area contributed by atoms with E-state index in [1.807, 2.05) is 27.7 Å². The van der Waals surface area contributed by atoms with Crippen LogP contribution in [0.3, 0.4) is 0 Å². The van der Waals surface area contributed by atoms with E-state index in [-0.39, 0.29) is 16.4 Å². The first-order valence-corrected chi connectivity index (χ1v) is 10.1. The highest BCUT2D eigenvalue weighted by atomic mass is 35.5. The summed E-state index contributed by atoms with van der Waals surface area (Å²) in [4.78, 5) is 35.2. The molecule has 0 fully saturated rings. The van der Waals surface area contributed by atoms with E-state index in [1.54, 1.807) is 12.1 Å². The molecule has 0 saturated heterocycles. The lowest BCUT2D eigenvalue weighted by atomic mass is 9.95. The summed E-state index contributed by atoms with van der Waals surface area (Å²) in [6, 6.07) is 3.44. The summed E-state index contributed by atoms with van der Waals surface area (Å²) >= 11 is 6.19. The molecule has 0 aliphatic carbocycles. The van der Waals surface area contributed by atoms with Crippen molar-refractivity contribution in [3.05, 3.63) is 72.2 Å². The van der Waals surface area contributed by atoms with Gasteiger partial charge in [-0.3, -0.25) is 14.5 Å². The Kier molecular flexibility index (Phi) is 4.87. The molecule has 0 bridgehead atoms. The minimum absolute atomic E-state index is 0.0888. The SMILES string of the molecule is Cc1cc2occ(CN3CCc4nc(C(C)(C)C)[nH]c(=O)c4C3)c(=O)c2cc1Cl. The average molecular weight is 414 g/mol. The van der Waals surface area contributed by atoms with Crippen LogP contribution in [0.5, 0.6) is 0 Å². The molecule has 152 valence electrons. The lowest BCUT2D eigenvalue weighted by molar-refractivity contribution is 0.238. The number of nitrogens with zero attached hydrogens (tertiary/aromatic N) is 2. The number of aromatic nitrogens is 2. The molecule has 4 rings (SSSR count). The molecule has 0 spiro atoms. The predicted octanol–water partition coefficient (Wildman–Crippen LogP) is 3.69. The fraction of sp³-hybridized carbons (Fsp3) is 0.409. The van der Waals surface area contributed by atoms with Crippen molar-refractivity contribution in [3.8, 4) is 0 Å². The van der Waals surface area contributed by atoms with Crippen molar-refractivity contribution < 1.29 is 4.42 Å². The standard InChI is InChI=1S/C22H24ClN3O3/c1-12-7-18-14(8-16(12)23)19(27)13(11-29-18)9-26-6-5-17-15(10-26)20(28)25-21(24-17)22(2,3)4/h7-8,11H,5-6,9-10H2,1-4H3,(H,24,25,28). The van der Waals surface area contributed by atoms with E-state index in [1.165, 1.54) is 6.26 Å². The van der Waals surface area contributed by atoms with E-state index in [4.69, 9.17) is 16.0 Å².